The Labute approximate surface area is 132 Å². The molecule has 122 valence electrons. The van der Waals surface area contributed by atoms with Crippen molar-refractivity contribution in [3.63, 3.8) is 0 Å². The number of carboxylic acids is 1. The van der Waals surface area contributed by atoms with Gasteiger partial charge in [-0.3, -0.25) is 0 Å². The van der Waals surface area contributed by atoms with Crippen molar-refractivity contribution in [2.45, 2.75) is 18.5 Å². The molecule has 0 radical (unpaired) electrons. The molecule has 0 aliphatic heterocycles. The highest BCUT2D eigenvalue weighted by molar-refractivity contribution is 5.76. The predicted molar refractivity (Wildman–Crippen MR) is 81.6 cm³/mol. The number of benzene rings is 2. The maximum atomic E-state index is 14.1. The highest BCUT2D eigenvalue weighted by Gasteiger charge is 2.48. The summed E-state index contributed by atoms with van der Waals surface area (Å²) in [5.74, 6) is -5.60. The molecule has 0 aliphatic carbocycles. The van der Waals surface area contributed by atoms with Gasteiger partial charge in [-0.1, -0.05) is 42.5 Å². The van der Waals surface area contributed by atoms with Gasteiger partial charge in [-0.2, -0.15) is 8.78 Å². The fourth-order valence-electron chi connectivity index (χ4n) is 2.19. The van der Waals surface area contributed by atoms with Crippen molar-refractivity contribution in [1.82, 2.24) is 5.32 Å². The normalized spacial score (nSPS) is 12.7. The van der Waals surface area contributed by atoms with E-state index in [9.17, 15) is 13.6 Å². The van der Waals surface area contributed by atoms with E-state index in [2.05, 4.69) is 5.32 Å². The van der Waals surface area contributed by atoms with Gasteiger partial charge in [0.25, 0.3) is 0 Å². The van der Waals surface area contributed by atoms with E-state index in [1.54, 1.807) is 24.3 Å². The molecule has 1 atom stereocenters. The van der Waals surface area contributed by atoms with Crippen LogP contribution in [-0.4, -0.2) is 24.1 Å². The number of rotatable bonds is 7. The van der Waals surface area contributed by atoms with E-state index >= 15 is 0 Å². The molecule has 2 aromatic rings. The zero-order chi connectivity index (χ0) is 16.9. The summed E-state index contributed by atoms with van der Waals surface area (Å²) in [5.41, 5.74) is 0.960. The molecule has 2 rings (SSSR count). The number of methoxy groups -OCH3 is 1. The van der Waals surface area contributed by atoms with E-state index in [1.165, 1.54) is 31.4 Å². The summed E-state index contributed by atoms with van der Waals surface area (Å²) in [7, 11) is 1.46. The minimum atomic E-state index is -3.94. The minimum Gasteiger partial charge on any atom is -0.497 e. The second kappa shape index (κ2) is 7.19. The zero-order valence-corrected chi connectivity index (χ0v) is 12.5. The van der Waals surface area contributed by atoms with Gasteiger partial charge in [-0.05, 0) is 23.3 Å². The molecule has 0 spiro atoms. The Morgan fingerprint density at radius 3 is 2.30 bits per heavy atom. The Bertz CT molecular complexity index is 645. The van der Waals surface area contributed by atoms with Crippen LogP contribution in [0.2, 0.25) is 0 Å². The van der Waals surface area contributed by atoms with Gasteiger partial charge in [0, 0.05) is 6.54 Å². The van der Waals surface area contributed by atoms with Crippen molar-refractivity contribution in [3.05, 3.63) is 65.7 Å². The third-order valence-electron chi connectivity index (χ3n) is 3.45. The van der Waals surface area contributed by atoms with Crippen LogP contribution in [0.4, 0.5) is 8.78 Å². The second-order valence-corrected chi connectivity index (χ2v) is 5.00. The van der Waals surface area contributed by atoms with Gasteiger partial charge >= 0.3 is 11.9 Å². The fourth-order valence-corrected chi connectivity index (χ4v) is 2.19. The number of hydrogen-bond donors (Lipinski definition) is 2. The molecular formula is C17H17F2NO3. The Kier molecular flexibility index (Phi) is 5.28. The lowest BCUT2D eigenvalue weighted by Crippen LogP contribution is -2.43. The zero-order valence-electron chi connectivity index (χ0n) is 12.5. The third kappa shape index (κ3) is 4.04. The van der Waals surface area contributed by atoms with Crippen LogP contribution < -0.4 is 10.1 Å². The topological polar surface area (TPSA) is 58.6 Å². The average Bonchev–Trinajstić information content (AvgIpc) is 2.56. The monoisotopic (exact) mass is 321 g/mol. The summed E-state index contributed by atoms with van der Waals surface area (Å²) in [6, 6.07) is 13.2. The van der Waals surface area contributed by atoms with E-state index < -0.39 is 17.9 Å². The van der Waals surface area contributed by atoms with Crippen molar-refractivity contribution in [1.29, 1.82) is 0 Å². The fraction of sp³-hybridized carbons (Fsp3) is 0.235. The first kappa shape index (κ1) is 16.9. The van der Waals surface area contributed by atoms with E-state index in [0.717, 1.165) is 5.56 Å². The summed E-state index contributed by atoms with van der Waals surface area (Å²) in [6.45, 7) is 0.125. The molecule has 2 N–H and O–H groups in total. The standard InChI is InChI=1S/C17H17F2NO3/c1-23-14-9-7-13(8-10-14)15(17(18,19)16(21)22)20-11-12-5-3-2-4-6-12/h2-10,15,20H,11H2,1H3,(H,21,22). The van der Waals surface area contributed by atoms with Gasteiger partial charge < -0.3 is 15.2 Å². The molecule has 2 aromatic carbocycles. The molecule has 0 amide bonds. The molecule has 0 bridgehead atoms. The Morgan fingerprint density at radius 2 is 1.78 bits per heavy atom. The lowest BCUT2D eigenvalue weighted by Gasteiger charge is -2.25. The summed E-state index contributed by atoms with van der Waals surface area (Å²) < 4.78 is 33.2. The van der Waals surface area contributed by atoms with Crippen LogP contribution in [0.15, 0.2) is 54.6 Å². The Morgan fingerprint density at radius 1 is 1.17 bits per heavy atom. The Hall–Kier alpha value is -2.47. The van der Waals surface area contributed by atoms with E-state index in [0.29, 0.717) is 5.75 Å². The molecule has 1 unspecified atom stereocenters. The SMILES string of the molecule is COc1ccc(C(NCc2ccccc2)C(F)(F)C(=O)O)cc1. The van der Waals surface area contributed by atoms with Crippen LogP contribution in [0.25, 0.3) is 0 Å². The quantitative estimate of drug-likeness (QED) is 0.822. The van der Waals surface area contributed by atoms with E-state index in [-0.39, 0.29) is 12.1 Å². The van der Waals surface area contributed by atoms with Crippen molar-refractivity contribution in [2.24, 2.45) is 0 Å². The molecule has 23 heavy (non-hydrogen) atoms. The van der Waals surface area contributed by atoms with Gasteiger partial charge in [0.15, 0.2) is 0 Å². The van der Waals surface area contributed by atoms with Gasteiger partial charge in [0.05, 0.1) is 7.11 Å². The number of carbonyl (C=O) groups is 1. The molecule has 0 aliphatic rings. The predicted octanol–water partition coefficient (Wildman–Crippen LogP) is 3.25. The molecule has 6 heteroatoms. The maximum absolute atomic E-state index is 14.1. The average molecular weight is 321 g/mol. The van der Waals surface area contributed by atoms with Gasteiger partial charge in [-0.15, -0.1) is 0 Å². The molecule has 0 saturated carbocycles. The van der Waals surface area contributed by atoms with Gasteiger partial charge in [0.1, 0.15) is 11.8 Å². The largest absolute Gasteiger partial charge is 0.497 e. The highest BCUT2D eigenvalue weighted by atomic mass is 19.3. The number of alkyl halides is 2. The molecule has 0 aromatic heterocycles. The molecule has 0 heterocycles. The van der Waals surface area contributed by atoms with Crippen LogP contribution in [0.1, 0.15) is 17.2 Å². The smallest absolute Gasteiger partial charge is 0.376 e. The van der Waals surface area contributed by atoms with Crippen LogP contribution >= 0.6 is 0 Å². The highest BCUT2D eigenvalue weighted by Crippen LogP contribution is 2.33. The Balaban J connectivity index is 2.25. The first-order chi connectivity index (χ1) is 10.9. The number of hydrogen-bond acceptors (Lipinski definition) is 3. The lowest BCUT2D eigenvalue weighted by atomic mass is 9.99. The van der Waals surface area contributed by atoms with E-state index in [4.69, 9.17) is 9.84 Å². The maximum Gasteiger partial charge on any atom is 0.376 e. The van der Waals surface area contributed by atoms with Gasteiger partial charge in [-0.25, -0.2) is 4.79 Å². The first-order valence-electron chi connectivity index (χ1n) is 6.97. The summed E-state index contributed by atoms with van der Waals surface area (Å²) in [5, 5.41) is 11.5. The first-order valence-corrected chi connectivity index (χ1v) is 6.97. The second-order valence-electron chi connectivity index (χ2n) is 5.00. The molecule has 0 saturated heterocycles. The van der Waals surface area contributed by atoms with Crippen molar-refractivity contribution >= 4 is 5.97 Å². The molecule has 0 fully saturated rings. The summed E-state index contributed by atoms with van der Waals surface area (Å²) in [6.07, 6.45) is 0. The van der Waals surface area contributed by atoms with Crippen LogP contribution in [0, 0.1) is 0 Å². The number of aliphatic carboxylic acids is 1. The summed E-state index contributed by atoms with van der Waals surface area (Å²) >= 11 is 0. The van der Waals surface area contributed by atoms with Crippen LogP contribution in [0.3, 0.4) is 0 Å². The third-order valence-corrected chi connectivity index (χ3v) is 3.45. The van der Waals surface area contributed by atoms with Crippen LogP contribution in [-0.2, 0) is 11.3 Å². The molecular weight excluding hydrogens is 304 g/mol. The minimum absolute atomic E-state index is 0.125. The number of nitrogens with one attached hydrogen (secondary N) is 1. The van der Waals surface area contributed by atoms with Crippen molar-refractivity contribution in [2.75, 3.05) is 7.11 Å². The van der Waals surface area contributed by atoms with Gasteiger partial charge in [0.2, 0.25) is 0 Å². The number of ether oxygens (including phenoxy) is 1. The van der Waals surface area contributed by atoms with Crippen molar-refractivity contribution < 1.29 is 23.4 Å². The number of carboxylic acid groups (broad SMARTS) is 1. The summed E-state index contributed by atoms with van der Waals surface area (Å²) in [4.78, 5) is 11.0. The number of halogens is 2. The molecule has 4 nitrogen and oxygen atoms in total. The van der Waals surface area contributed by atoms with Crippen LogP contribution in [0.5, 0.6) is 5.75 Å². The lowest BCUT2D eigenvalue weighted by molar-refractivity contribution is -0.169. The van der Waals surface area contributed by atoms with Crippen molar-refractivity contribution in [3.8, 4) is 5.75 Å². The van der Waals surface area contributed by atoms with E-state index in [1.807, 2.05) is 6.07 Å².